The third-order valence-electron chi connectivity index (χ3n) is 2.57. The second-order valence-corrected chi connectivity index (χ2v) is 3.41. The van der Waals surface area contributed by atoms with E-state index in [1.807, 2.05) is 18.6 Å². The van der Waals surface area contributed by atoms with Crippen molar-refractivity contribution in [1.82, 2.24) is 4.99 Å². The zero-order valence-corrected chi connectivity index (χ0v) is 7.72. The molecule has 0 N–H and O–H groups in total. The Hall–Kier alpha value is -1.83. The molecule has 14 heavy (non-hydrogen) atoms. The van der Waals surface area contributed by atoms with Crippen LogP contribution < -0.4 is 9.89 Å². The van der Waals surface area contributed by atoms with Crippen molar-refractivity contribution >= 4 is 11.9 Å². The molecular formula is C12H10N2+. The molecule has 2 aliphatic heterocycles. The molecule has 67 valence electrons. The van der Waals surface area contributed by atoms with Gasteiger partial charge in [0.05, 0.1) is 11.2 Å². The lowest BCUT2D eigenvalue weighted by atomic mass is 10.0. The summed E-state index contributed by atoms with van der Waals surface area (Å²) in [6.07, 6.45) is 8.93. The highest BCUT2D eigenvalue weighted by molar-refractivity contribution is 5.88. The number of rotatable bonds is 0. The summed E-state index contributed by atoms with van der Waals surface area (Å²) in [5.74, 6) is 0. The third-order valence-corrected chi connectivity index (χ3v) is 2.57. The summed E-state index contributed by atoms with van der Waals surface area (Å²) < 4.78 is 0. The van der Waals surface area contributed by atoms with Crippen molar-refractivity contribution in [2.75, 3.05) is 4.90 Å². The van der Waals surface area contributed by atoms with Crippen LogP contribution in [0.1, 0.15) is 5.56 Å². The van der Waals surface area contributed by atoms with E-state index in [-0.39, 0.29) is 0 Å². The monoisotopic (exact) mass is 182 g/mol. The number of nitrogens with zero attached hydrogens (tertiary/aromatic N) is 2. The summed E-state index contributed by atoms with van der Waals surface area (Å²) in [5.41, 5.74) is 3.81. The predicted octanol–water partition coefficient (Wildman–Crippen LogP) is 1.82. The SMILES string of the molecule is C1=CN2C(=CCc3ccccc32)C=[N+]1. The van der Waals surface area contributed by atoms with E-state index in [1.165, 1.54) is 16.9 Å². The Morgan fingerprint density at radius 2 is 2.14 bits per heavy atom. The molecule has 0 aliphatic carbocycles. The molecule has 2 heteroatoms. The maximum absolute atomic E-state index is 4.12. The molecule has 0 unspecified atom stereocenters. The molecule has 2 heterocycles. The van der Waals surface area contributed by atoms with Crippen molar-refractivity contribution < 1.29 is 0 Å². The van der Waals surface area contributed by atoms with Crippen molar-refractivity contribution in [3.05, 3.63) is 54.0 Å². The van der Waals surface area contributed by atoms with E-state index in [0.717, 1.165) is 6.42 Å². The van der Waals surface area contributed by atoms with Gasteiger partial charge in [-0.1, -0.05) is 18.2 Å². The molecule has 0 saturated heterocycles. The molecule has 3 rings (SSSR count). The molecule has 1 radical (unpaired) electrons. The van der Waals surface area contributed by atoms with Crippen LogP contribution in [0.5, 0.6) is 0 Å². The van der Waals surface area contributed by atoms with E-state index in [0.29, 0.717) is 0 Å². The van der Waals surface area contributed by atoms with Crippen LogP contribution in [-0.4, -0.2) is 6.21 Å². The Bertz CT molecular complexity index is 455. The fourth-order valence-electron chi connectivity index (χ4n) is 1.88. The van der Waals surface area contributed by atoms with E-state index in [9.17, 15) is 0 Å². The Morgan fingerprint density at radius 3 is 3.14 bits per heavy atom. The minimum Gasteiger partial charge on any atom is -0.305 e. The van der Waals surface area contributed by atoms with Crippen LogP contribution in [0.25, 0.3) is 0 Å². The predicted molar refractivity (Wildman–Crippen MR) is 58.0 cm³/mol. The molecule has 0 bridgehead atoms. The van der Waals surface area contributed by atoms with Gasteiger partial charge in [-0.15, -0.1) is 0 Å². The fourth-order valence-corrected chi connectivity index (χ4v) is 1.88. The van der Waals surface area contributed by atoms with Gasteiger partial charge >= 0.3 is 0 Å². The first kappa shape index (κ1) is 7.56. The maximum atomic E-state index is 4.12. The summed E-state index contributed by atoms with van der Waals surface area (Å²) in [6.45, 7) is 0. The van der Waals surface area contributed by atoms with Crippen molar-refractivity contribution in [3.8, 4) is 0 Å². The van der Waals surface area contributed by atoms with Crippen LogP contribution >= 0.6 is 0 Å². The smallest absolute Gasteiger partial charge is 0.265 e. The largest absolute Gasteiger partial charge is 0.305 e. The summed E-state index contributed by atoms with van der Waals surface area (Å²) in [6, 6.07) is 8.47. The second-order valence-electron chi connectivity index (χ2n) is 3.41. The molecule has 2 aliphatic rings. The van der Waals surface area contributed by atoms with E-state index >= 15 is 0 Å². The summed E-state index contributed by atoms with van der Waals surface area (Å²) in [7, 11) is 0. The fraction of sp³-hybridized carbons (Fsp3) is 0.0833. The number of hydrogen-bond donors (Lipinski definition) is 0. The first-order valence-electron chi connectivity index (χ1n) is 4.72. The molecule has 1 aromatic carbocycles. The van der Waals surface area contributed by atoms with E-state index < -0.39 is 0 Å². The second kappa shape index (κ2) is 2.84. The molecule has 0 atom stereocenters. The van der Waals surface area contributed by atoms with Crippen LogP contribution in [0.4, 0.5) is 5.69 Å². The number of benzene rings is 1. The van der Waals surface area contributed by atoms with Gasteiger partial charge in [0.1, 0.15) is 5.70 Å². The summed E-state index contributed by atoms with van der Waals surface area (Å²) in [4.78, 5) is 6.29. The minimum absolute atomic E-state index is 1.00. The Balaban J connectivity index is 2.15. The van der Waals surface area contributed by atoms with E-state index in [2.05, 4.69) is 40.2 Å². The van der Waals surface area contributed by atoms with E-state index in [1.54, 1.807) is 0 Å². The summed E-state index contributed by atoms with van der Waals surface area (Å²) in [5, 5.41) is 0. The number of hydrogen-bond acceptors (Lipinski definition) is 2. The van der Waals surface area contributed by atoms with Gasteiger partial charge in [-0.25, -0.2) is 0 Å². The molecule has 0 saturated carbocycles. The van der Waals surface area contributed by atoms with Crippen LogP contribution in [0.2, 0.25) is 0 Å². The Morgan fingerprint density at radius 1 is 1.21 bits per heavy atom. The van der Waals surface area contributed by atoms with Crippen LogP contribution in [0.3, 0.4) is 0 Å². The zero-order valence-electron chi connectivity index (χ0n) is 7.72. The van der Waals surface area contributed by atoms with Crippen molar-refractivity contribution in [2.24, 2.45) is 0 Å². The number of allylic oxidation sites excluding steroid dienone is 2. The van der Waals surface area contributed by atoms with Crippen molar-refractivity contribution in [3.63, 3.8) is 0 Å². The first-order valence-corrected chi connectivity index (χ1v) is 4.72. The standard InChI is InChI=1S/C12H10N2/c1-2-4-12-10(3-1)5-6-11-9-13-7-8-14(11)12/h1-4,6-9H,5H2/q+1. The van der Waals surface area contributed by atoms with Gasteiger partial charge < -0.3 is 4.90 Å². The van der Waals surface area contributed by atoms with Gasteiger partial charge in [0.25, 0.3) is 12.4 Å². The van der Waals surface area contributed by atoms with Crippen molar-refractivity contribution in [1.29, 1.82) is 0 Å². The van der Waals surface area contributed by atoms with E-state index in [4.69, 9.17) is 0 Å². The average Bonchev–Trinajstić information content (AvgIpc) is 2.29. The number of para-hydroxylation sites is 1. The topological polar surface area (TPSA) is 17.3 Å². The van der Waals surface area contributed by atoms with Crippen LogP contribution in [0, 0.1) is 0 Å². The van der Waals surface area contributed by atoms with Crippen LogP contribution in [-0.2, 0) is 6.42 Å². The summed E-state index contributed by atoms with van der Waals surface area (Å²) >= 11 is 0. The van der Waals surface area contributed by atoms with Gasteiger partial charge in [0.15, 0.2) is 0 Å². The highest BCUT2D eigenvalue weighted by atomic mass is 15.2. The molecule has 0 fully saturated rings. The molecular weight excluding hydrogens is 172 g/mol. The minimum atomic E-state index is 1.00. The lowest BCUT2D eigenvalue weighted by Crippen LogP contribution is -2.24. The van der Waals surface area contributed by atoms with Crippen molar-refractivity contribution in [2.45, 2.75) is 6.42 Å². The zero-order chi connectivity index (χ0) is 9.38. The normalized spacial score (nSPS) is 17.4. The number of anilines is 1. The molecule has 0 spiro atoms. The van der Waals surface area contributed by atoms with Gasteiger partial charge in [-0.3, -0.25) is 0 Å². The molecule has 0 amide bonds. The first-order chi connectivity index (χ1) is 6.95. The van der Waals surface area contributed by atoms with Gasteiger partial charge in [-0.05, 0) is 24.1 Å². The van der Waals surface area contributed by atoms with Gasteiger partial charge in [-0.2, -0.15) is 0 Å². The number of fused-ring (bicyclic) bond motifs is 3. The Kier molecular flexibility index (Phi) is 1.53. The highest BCUT2D eigenvalue weighted by Crippen LogP contribution is 2.29. The molecule has 1 aromatic rings. The quantitative estimate of drug-likeness (QED) is 0.598. The lowest BCUT2D eigenvalue weighted by Gasteiger charge is -2.25. The van der Waals surface area contributed by atoms with Crippen LogP contribution in [0.15, 0.2) is 48.4 Å². The Labute approximate surface area is 82.9 Å². The molecule has 2 nitrogen and oxygen atoms in total. The van der Waals surface area contributed by atoms with Gasteiger partial charge in [0, 0.05) is 5.69 Å². The lowest BCUT2D eigenvalue weighted by molar-refractivity contribution is 1.07. The third kappa shape index (κ3) is 1.01. The van der Waals surface area contributed by atoms with Gasteiger partial charge in [0.2, 0.25) is 0 Å². The highest BCUT2D eigenvalue weighted by Gasteiger charge is 2.21. The molecule has 0 aromatic heterocycles. The maximum Gasteiger partial charge on any atom is 0.265 e. The number of aliphatic imine (C=N–C) groups is 1. The average molecular weight is 182 g/mol.